The summed E-state index contributed by atoms with van der Waals surface area (Å²) in [6.07, 6.45) is 14.6. The number of allylic oxidation sites excluding steroid dienone is 6. The first kappa shape index (κ1) is 47.0. The van der Waals surface area contributed by atoms with Gasteiger partial charge >= 0.3 is 0 Å². The fourth-order valence-corrected chi connectivity index (χ4v) is 15.5. The quantitative estimate of drug-likeness (QED) is 0.159. The van der Waals surface area contributed by atoms with E-state index < -0.39 is 5.41 Å². The number of benzene rings is 11. The van der Waals surface area contributed by atoms with E-state index in [0.717, 1.165) is 74.8 Å². The van der Waals surface area contributed by atoms with Gasteiger partial charge in [-0.15, -0.1) is 0 Å². The Morgan fingerprint density at radius 3 is 1.49 bits per heavy atom. The second kappa shape index (κ2) is 17.9. The third-order valence-electron chi connectivity index (χ3n) is 18.8. The Morgan fingerprint density at radius 2 is 0.928 bits per heavy atom. The number of nitrogens with zero attached hydrogens (tertiary/aromatic N) is 2. The molecule has 0 radical (unpaired) electrons. The highest BCUT2D eigenvalue weighted by Gasteiger charge is 2.51. The summed E-state index contributed by atoms with van der Waals surface area (Å²) in [5, 5.41) is 7.39. The van der Waals surface area contributed by atoms with E-state index in [4.69, 9.17) is 4.42 Å². The molecule has 0 bridgehead atoms. The minimum absolute atomic E-state index is 0.111. The molecule has 83 heavy (non-hydrogen) atoms. The SMILES string of the molecule is BrC1=CC=C(C2=CCC(N(c3ccc(-c4cc5c6ccccc6n6c7ccccc7c(c4)c56)cc3)c3ccc(-c4cccc5c4oc4c(-c6ccc7c(c6)C6(c8ccccc8-c8ccccc86)c6ccccc6-7)cccc45)cc3)C=C2)CC1. The summed E-state index contributed by atoms with van der Waals surface area (Å²) in [6.45, 7) is 0. The Labute approximate surface area is 489 Å². The maximum atomic E-state index is 7.23. The Morgan fingerprint density at radius 1 is 0.422 bits per heavy atom. The molecule has 18 rings (SSSR count). The van der Waals surface area contributed by atoms with Crippen LogP contribution in [0.3, 0.4) is 0 Å². The molecular formula is C79H51BrN2O. The molecule has 3 heterocycles. The minimum Gasteiger partial charge on any atom is -0.455 e. The Kier molecular flexibility index (Phi) is 10.1. The lowest BCUT2D eigenvalue weighted by atomic mass is 9.70. The number of hydrogen-bond donors (Lipinski definition) is 0. The van der Waals surface area contributed by atoms with Gasteiger partial charge in [-0.2, -0.15) is 0 Å². The molecule has 0 amide bonds. The van der Waals surface area contributed by atoms with Crippen molar-refractivity contribution in [3.05, 3.63) is 305 Å². The highest BCUT2D eigenvalue weighted by molar-refractivity contribution is 9.11. The van der Waals surface area contributed by atoms with Crippen LogP contribution in [0.4, 0.5) is 11.4 Å². The summed E-state index contributed by atoms with van der Waals surface area (Å²) in [4.78, 5) is 2.52. The maximum absolute atomic E-state index is 7.23. The van der Waals surface area contributed by atoms with Gasteiger partial charge in [-0.3, -0.25) is 0 Å². The summed E-state index contributed by atoms with van der Waals surface area (Å²) < 4.78 is 10.9. The van der Waals surface area contributed by atoms with Crippen molar-refractivity contribution in [2.24, 2.45) is 0 Å². The van der Waals surface area contributed by atoms with E-state index in [1.165, 1.54) is 109 Å². The van der Waals surface area contributed by atoms with Gasteiger partial charge in [0.05, 0.1) is 28.0 Å². The first-order chi connectivity index (χ1) is 41.1. The molecule has 4 aliphatic rings. The fraction of sp³-hybridized carbons (Fsp3) is 0.0633. The smallest absolute Gasteiger partial charge is 0.143 e. The van der Waals surface area contributed by atoms with Crippen molar-refractivity contribution in [1.82, 2.24) is 4.40 Å². The lowest BCUT2D eigenvalue weighted by molar-refractivity contribution is 0.671. The highest BCUT2D eigenvalue weighted by atomic mass is 79.9. The van der Waals surface area contributed by atoms with Crippen molar-refractivity contribution < 1.29 is 4.42 Å². The third-order valence-corrected chi connectivity index (χ3v) is 19.5. The molecule has 0 saturated carbocycles. The van der Waals surface area contributed by atoms with Crippen molar-refractivity contribution in [3.8, 4) is 55.6 Å². The number of hydrogen-bond acceptors (Lipinski definition) is 2. The van der Waals surface area contributed by atoms with E-state index in [9.17, 15) is 0 Å². The van der Waals surface area contributed by atoms with E-state index in [1.54, 1.807) is 0 Å². The van der Waals surface area contributed by atoms with Crippen LogP contribution in [0.1, 0.15) is 41.5 Å². The second-order valence-electron chi connectivity index (χ2n) is 23.0. The molecule has 4 heteroatoms. The lowest BCUT2D eigenvalue weighted by Crippen LogP contribution is -2.30. The van der Waals surface area contributed by atoms with E-state index in [0.29, 0.717) is 0 Å². The van der Waals surface area contributed by atoms with Gasteiger partial charge < -0.3 is 13.7 Å². The van der Waals surface area contributed by atoms with Crippen LogP contribution >= 0.6 is 15.9 Å². The summed E-state index contributed by atoms with van der Waals surface area (Å²) in [7, 11) is 0. The first-order valence-corrected chi connectivity index (χ1v) is 29.9. The highest BCUT2D eigenvalue weighted by Crippen LogP contribution is 2.63. The van der Waals surface area contributed by atoms with Gasteiger partial charge in [0, 0.05) is 54.8 Å². The number of aromatic nitrogens is 1. The minimum atomic E-state index is -0.423. The average molecular weight is 1120 g/mol. The van der Waals surface area contributed by atoms with Crippen molar-refractivity contribution in [3.63, 3.8) is 0 Å². The van der Waals surface area contributed by atoms with E-state index in [-0.39, 0.29) is 6.04 Å². The van der Waals surface area contributed by atoms with Gasteiger partial charge in [0.25, 0.3) is 0 Å². The number of fused-ring (bicyclic) bond motifs is 19. The van der Waals surface area contributed by atoms with Crippen LogP contribution in [0, 0.1) is 0 Å². The predicted octanol–water partition coefficient (Wildman–Crippen LogP) is 21.5. The normalized spacial score (nSPS) is 15.8. The van der Waals surface area contributed by atoms with Crippen molar-refractivity contribution in [2.75, 3.05) is 4.90 Å². The molecule has 1 unspecified atom stereocenters. The van der Waals surface area contributed by atoms with Crippen LogP contribution in [0.15, 0.2) is 287 Å². The standard InChI is InChI=1S/C79H51BrN2O/c80-54-36-27-48(28-37-54)49-29-38-55(39-30-49)81(56-40-31-50(32-41-56)53-45-68-64-16-4-9-25-74(64)82-75-26-10-5-17-65(75)69(46-53)76(68)82)57-42-33-51(34-43-57)58-18-11-20-66-67-21-12-19-59(78(67)83-77(58)66)52-35-44-63-62-15-3-8-24-72(62)79(73(63)47-52)70-22-6-1-13-60(70)61-14-2-7-23-71(61)79/h1-27,29-36,38,40-47,55H,28,37,39H2. The molecule has 0 aliphatic heterocycles. The predicted molar refractivity (Wildman–Crippen MR) is 350 cm³/mol. The van der Waals surface area contributed by atoms with Gasteiger partial charge in [0.15, 0.2) is 0 Å². The van der Waals surface area contributed by atoms with Crippen LogP contribution in [0.5, 0.6) is 0 Å². The molecule has 3 nitrogen and oxygen atoms in total. The van der Waals surface area contributed by atoms with Crippen LogP contribution < -0.4 is 4.90 Å². The lowest BCUT2D eigenvalue weighted by Gasteiger charge is -2.34. The zero-order valence-electron chi connectivity index (χ0n) is 45.3. The third kappa shape index (κ3) is 6.73. The molecule has 0 saturated heterocycles. The molecule has 3 aromatic heterocycles. The molecule has 1 atom stereocenters. The molecule has 14 aromatic rings. The molecule has 11 aromatic carbocycles. The number of rotatable bonds is 7. The van der Waals surface area contributed by atoms with Crippen LogP contribution in [-0.4, -0.2) is 10.4 Å². The second-order valence-corrected chi connectivity index (χ2v) is 24.0. The fourth-order valence-electron chi connectivity index (χ4n) is 15.2. The van der Waals surface area contributed by atoms with Gasteiger partial charge in [0.1, 0.15) is 11.2 Å². The monoisotopic (exact) mass is 1120 g/mol. The first-order valence-electron chi connectivity index (χ1n) is 29.1. The topological polar surface area (TPSA) is 20.8 Å². The van der Waals surface area contributed by atoms with E-state index >= 15 is 0 Å². The molecule has 390 valence electrons. The van der Waals surface area contributed by atoms with E-state index in [2.05, 4.69) is 292 Å². The van der Waals surface area contributed by atoms with Crippen LogP contribution in [-0.2, 0) is 5.41 Å². The van der Waals surface area contributed by atoms with Crippen molar-refractivity contribution >= 4 is 87.3 Å². The molecular weight excluding hydrogens is 1070 g/mol. The molecule has 0 fully saturated rings. The summed E-state index contributed by atoms with van der Waals surface area (Å²) >= 11 is 3.72. The Hall–Kier alpha value is -9.74. The molecule has 0 N–H and O–H groups in total. The average Bonchev–Trinajstić information content (AvgIpc) is 2.38. The summed E-state index contributed by atoms with van der Waals surface area (Å²) in [5.74, 6) is 0. The Bertz CT molecular complexity index is 5050. The zero-order chi connectivity index (χ0) is 54.5. The van der Waals surface area contributed by atoms with Gasteiger partial charge in [-0.05, 0) is 156 Å². The van der Waals surface area contributed by atoms with E-state index in [1.807, 2.05) is 0 Å². The van der Waals surface area contributed by atoms with Crippen LogP contribution in [0.25, 0.3) is 116 Å². The summed E-state index contributed by atoms with van der Waals surface area (Å²) in [6, 6.07) is 88.5. The Balaban J connectivity index is 0.723. The van der Waals surface area contributed by atoms with Crippen molar-refractivity contribution in [1.29, 1.82) is 0 Å². The van der Waals surface area contributed by atoms with Crippen LogP contribution in [0.2, 0.25) is 0 Å². The van der Waals surface area contributed by atoms with Crippen molar-refractivity contribution in [2.45, 2.75) is 30.7 Å². The van der Waals surface area contributed by atoms with Gasteiger partial charge in [-0.1, -0.05) is 228 Å². The molecule has 4 aliphatic carbocycles. The zero-order valence-corrected chi connectivity index (χ0v) is 46.9. The van der Waals surface area contributed by atoms with Gasteiger partial charge in [-0.25, -0.2) is 0 Å². The number of anilines is 2. The number of para-hydroxylation sites is 4. The van der Waals surface area contributed by atoms with Gasteiger partial charge in [0.2, 0.25) is 0 Å². The maximum Gasteiger partial charge on any atom is 0.143 e. The summed E-state index contributed by atoms with van der Waals surface area (Å²) in [5.41, 5.74) is 27.6. The number of halogens is 1. The molecule has 1 spiro atoms. The number of furan rings is 1. The largest absolute Gasteiger partial charge is 0.455 e.